The summed E-state index contributed by atoms with van der Waals surface area (Å²) in [4.78, 5) is 0. The lowest BCUT2D eigenvalue weighted by molar-refractivity contribution is 1.15. The molecule has 0 unspecified atom stereocenters. The van der Waals surface area contributed by atoms with Crippen molar-refractivity contribution in [1.82, 2.24) is 0 Å². The fourth-order valence-corrected chi connectivity index (χ4v) is 1.76. The average Bonchev–Trinajstić information content (AvgIpc) is 2.17. The third kappa shape index (κ3) is 1.29. The molecule has 0 aliphatic carbocycles. The molecule has 0 spiro atoms. The first-order valence-corrected chi connectivity index (χ1v) is 4.79. The molecule has 14 heavy (non-hydrogen) atoms. The second kappa shape index (κ2) is 3.22. The molecular weight excluding hydrogens is 172 g/mol. The summed E-state index contributed by atoms with van der Waals surface area (Å²) >= 11 is 0. The minimum absolute atomic E-state index is 0.752. The molecule has 0 bridgehead atoms. The number of benzene rings is 2. The normalized spacial score (nSPS) is 10.6. The van der Waals surface area contributed by atoms with Gasteiger partial charge in [0.1, 0.15) is 0 Å². The van der Waals surface area contributed by atoms with E-state index in [1.165, 1.54) is 5.56 Å². The van der Waals surface area contributed by atoms with Gasteiger partial charge in [0.2, 0.25) is 0 Å². The SMILES string of the molecule is CCc1cc(N)c2c(N)cccc2c1. The molecule has 2 heteroatoms. The number of rotatable bonds is 1. The summed E-state index contributed by atoms with van der Waals surface area (Å²) < 4.78 is 0. The maximum absolute atomic E-state index is 5.95. The molecule has 0 amide bonds. The number of anilines is 2. The number of nitrogen functional groups attached to an aromatic ring is 2. The van der Waals surface area contributed by atoms with E-state index in [9.17, 15) is 0 Å². The molecule has 72 valence electrons. The minimum Gasteiger partial charge on any atom is -0.398 e. The fourth-order valence-electron chi connectivity index (χ4n) is 1.76. The predicted octanol–water partition coefficient (Wildman–Crippen LogP) is 2.57. The standard InChI is InChI=1S/C12H14N2/c1-2-8-6-9-4-3-5-10(13)12(9)11(14)7-8/h3-7H,2,13-14H2,1H3. The van der Waals surface area contributed by atoms with Gasteiger partial charge < -0.3 is 11.5 Å². The summed E-state index contributed by atoms with van der Waals surface area (Å²) in [7, 11) is 0. The summed E-state index contributed by atoms with van der Waals surface area (Å²) in [6.07, 6.45) is 0.995. The Bertz CT molecular complexity index is 475. The van der Waals surface area contributed by atoms with E-state index in [2.05, 4.69) is 13.0 Å². The first kappa shape index (κ1) is 8.88. The van der Waals surface area contributed by atoms with Crippen LogP contribution in [0.4, 0.5) is 11.4 Å². The van der Waals surface area contributed by atoms with Crippen LogP contribution in [0.1, 0.15) is 12.5 Å². The van der Waals surface area contributed by atoms with Gasteiger partial charge in [-0.2, -0.15) is 0 Å². The minimum atomic E-state index is 0.752. The molecule has 0 aliphatic rings. The Hall–Kier alpha value is -1.70. The summed E-state index contributed by atoms with van der Waals surface area (Å²) in [5, 5.41) is 2.10. The molecule has 2 nitrogen and oxygen atoms in total. The number of hydrogen-bond acceptors (Lipinski definition) is 2. The molecule has 0 aliphatic heterocycles. The average molecular weight is 186 g/mol. The number of nitrogens with two attached hydrogens (primary N) is 2. The van der Waals surface area contributed by atoms with Crippen LogP contribution in [0.25, 0.3) is 10.8 Å². The number of aryl methyl sites for hydroxylation is 1. The van der Waals surface area contributed by atoms with Gasteiger partial charge in [-0.15, -0.1) is 0 Å². The summed E-state index contributed by atoms with van der Waals surface area (Å²) in [6.45, 7) is 2.12. The highest BCUT2D eigenvalue weighted by Gasteiger charge is 2.03. The van der Waals surface area contributed by atoms with E-state index in [4.69, 9.17) is 11.5 Å². The maximum Gasteiger partial charge on any atom is 0.0417 e. The van der Waals surface area contributed by atoms with Gasteiger partial charge in [0, 0.05) is 16.8 Å². The van der Waals surface area contributed by atoms with Crippen molar-refractivity contribution in [2.75, 3.05) is 11.5 Å². The first-order valence-electron chi connectivity index (χ1n) is 4.79. The molecule has 4 N–H and O–H groups in total. The molecule has 0 heterocycles. The maximum atomic E-state index is 5.95. The van der Waals surface area contributed by atoms with E-state index in [0.29, 0.717) is 0 Å². The Labute approximate surface area is 83.5 Å². The molecule has 2 aromatic rings. The molecule has 2 rings (SSSR count). The van der Waals surface area contributed by atoms with E-state index < -0.39 is 0 Å². The van der Waals surface area contributed by atoms with E-state index in [0.717, 1.165) is 28.6 Å². The fraction of sp³-hybridized carbons (Fsp3) is 0.167. The van der Waals surface area contributed by atoms with E-state index in [1.807, 2.05) is 24.3 Å². The van der Waals surface area contributed by atoms with Crippen molar-refractivity contribution in [3.05, 3.63) is 35.9 Å². The monoisotopic (exact) mass is 186 g/mol. The molecule has 0 atom stereocenters. The van der Waals surface area contributed by atoms with Gasteiger partial charge in [-0.1, -0.05) is 25.1 Å². The second-order valence-electron chi connectivity index (χ2n) is 3.48. The van der Waals surface area contributed by atoms with E-state index in [1.54, 1.807) is 0 Å². The Kier molecular flexibility index (Phi) is 2.04. The van der Waals surface area contributed by atoms with Crippen LogP contribution in [-0.2, 0) is 6.42 Å². The van der Waals surface area contributed by atoms with Gasteiger partial charge in [-0.3, -0.25) is 0 Å². The van der Waals surface area contributed by atoms with Crippen molar-refractivity contribution < 1.29 is 0 Å². The third-order valence-corrected chi connectivity index (χ3v) is 2.51. The lowest BCUT2D eigenvalue weighted by Crippen LogP contribution is -1.94. The van der Waals surface area contributed by atoms with Gasteiger partial charge in [-0.05, 0) is 29.5 Å². The molecule has 0 saturated carbocycles. The Morgan fingerprint density at radius 2 is 1.86 bits per heavy atom. The van der Waals surface area contributed by atoms with Crippen molar-refractivity contribution >= 4 is 22.1 Å². The zero-order valence-electron chi connectivity index (χ0n) is 8.25. The topological polar surface area (TPSA) is 52.0 Å². The lowest BCUT2D eigenvalue weighted by Gasteiger charge is -2.07. The lowest BCUT2D eigenvalue weighted by atomic mass is 10.0. The highest BCUT2D eigenvalue weighted by molar-refractivity contribution is 6.01. The number of hydrogen-bond donors (Lipinski definition) is 2. The van der Waals surface area contributed by atoms with Crippen LogP contribution in [0.15, 0.2) is 30.3 Å². The van der Waals surface area contributed by atoms with Crippen LogP contribution in [0.5, 0.6) is 0 Å². The highest BCUT2D eigenvalue weighted by Crippen LogP contribution is 2.28. The zero-order valence-corrected chi connectivity index (χ0v) is 8.25. The van der Waals surface area contributed by atoms with Crippen LogP contribution >= 0.6 is 0 Å². The van der Waals surface area contributed by atoms with Gasteiger partial charge in [-0.25, -0.2) is 0 Å². The van der Waals surface area contributed by atoms with Gasteiger partial charge in [0.05, 0.1) is 0 Å². The largest absolute Gasteiger partial charge is 0.398 e. The first-order chi connectivity index (χ1) is 6.72. The Balaban J connectivity index is 2.83. The smallest absolute Gasteiger partial charge is 0.0417 e. The van der Waals surface area contributed by atoms with E-state index in [-0.39, 0.29) is 0 Å². The van der Waals surface area contributed by atoms with Gasteiger partial charge >= 0.3 is 0 Å². The van der Waals surface area contributed by atoms with Crippen molar-refractivity contribution in [1.29, 1.82) is 0 Å². The van der Waals surface area contributed by atoms with Crippen LogP contribution in [0.3, 0.4) is 0 Å². The third-order valence-electron chi connectivity index (χ3n) is 2.51. The molecule has 0 radical (unpaired) electrons. The van der Waals surface area contributed by atoms with Crippen LogP contribution in [0.2, 0.25) is 0 Å². The zero-order chi connectivity index (χ0) is 10.1. The molecular formula is C12H14N2. The molecule has 0 fully saturated rings. The highest BCUT2D eigenvalue weighted by atomic mass is 14.6. The Morgan fingerprint density at radius 3 is 2.57 bits per heavy atom. The summed E-state index contributed by atoms with van der Waals surface area (Å²) in [5.41, 5.74) is 14.6. The Morgan fingerprint density at radius 1 is 1.07 bits per heavy atom. The van der Waals surface area contributed by atoms with Crippen LogP contribution in [-0.4, -0.2) is 0 Å². The van der Waals surface area contributed by atoms with E-state index >= 15 is 0 Å². The molecule has 0 aromatic heterocycles. The van der Waals surface area contributed by atoms with Crippen LogP contribution in [0, 0.1) is 0 Å². The molecule has 2 aromatic carbocycles. The number of fused-ring (bicyclic) bond motifs is 1. The quantitative estimate of drug-likeness (QED) is 0.672. The summed E-state index contributed by atoms with van der Waals surface area (Å²) in [6, 6.07) is 10.0. The van der Waals surface area contributed by atoms with Gasteiger partial charge in [0.25, 0.3) is 0 Å². The van der Waals surface area contributed by atoms with Crippen LogP contribution < -0.4 is 11.5 Å². The van der Waals surface area contributed by atoms with Crippen molar-refractivity contribution in [3.8, 4) is 0 Å². The predicted molar refractivity (Wildman–Crippen MR) is 62.2 cm³/mol. The van der Waals surface area contributed by atoms with Crippen molar-refractivity contribution in [2.24, 2.45) is 0 Å². The van der Waals surface area contributed by atoms with Crippen molar-refractivity contribution in [2.45, 2.75) is 13.3 Å². The molecule has 0 saturated heterocycles. The van der Waals surface area contributed by atoms with Gasteiger partial charge in [0.15, 0.2) is 0 Å². The second-order valence-corrected chi connectivity index (χ2v) is 3.48. The van der Waals surface area contributed by atoms with Crippen molar-refractivity contribution in [3.63, 3.8) is 0 Å². The summed E-state index contributed by atoms with van der Waals surface area (Å²) in [5.74, 6) is 0.